The van der Waals surface area contributed by atoms with Gasteiger partial charge in [0.15, 0.2) is 11.8 Å². The van der Waals surface area contributed by atoms with Crippen molar-refractivity contribution in [1.82, 2.24) is 9.88 Å². The third kappa shape index (κ3) is 4.66. The van der Waals surface area contributed by atoms with E-state index in [0.29, 0.717) is 0 Å². The number of ketones is 1. The van der Waals surface area contributed by atoms with E-state index in [1.807, 2.05) is 30.3 Å². The summed E-state index contributed by atoms with van der Waals surface area (Å²) < 4.78 is 14.4. The number of pyridine rings is 1. The number of hydrogen-bond donors (Lipinski definition) is 1. The zero-order valence-corrected chi connectivity index (χ0v) is 16.1. The Hall–Kier alpha value is -3.54. The molecule has 2 atom stereocenters. The lowest BCUT2D eigenvalue weighted by atomic mass is 10.0. The minimum atomic E-state index is -1.40. The van der Waals surface area contributed by atoms with Gasteiger partial charge in [0.1, 0.15) is 5.82 Å². The van der Waals surface area contributed by atoms with Crippen molar-refractivity contribution in [2.24, 2.45) is 0 Å². The first-order valence-electron chi connectivity index (χ1n) is 9.20. The molecular weight excluding hydrogens is 371 g/mol. The van der Waals surface area contributed by atoms with Gasteiger partial charge >= 0.3 is 0 Å². The molecule has 148 valence electrons. The second-order valence-corrected chi connectivity index (χ2v) is 6.87. The van der Waals surface area contributed by atoms with Gasteiger partial charge in [0.2, 0.25) is 0 Å². The maximum absolute atomic E-state index is 13.3. The number of Topliss-reactive ketones (excluding diaryl/α,β-unsaturated/α-hetero) is 1. The number of hydrogen-bond acceptors (Lipinski definition) is 3. The Balaban J connectivity index is 1.99. The SMILES string of the molecule is Cc1ccc(=O)n([C@@H](C(=O)N[C@@H](C)c2ccccc2)C(=O)c2ccc(F)cc2)c1. The van der Waals surface area contributed by atoms with Crippen LogP contribution in [0.2, 0.25) is 0 Å². The maximum atomic E-state index is 13.3. The Kier molecular flexibility index (Phi) is 6.02. The van der Waals surface area contributed by atoms with E-state index in [4.69, 9.17) is 0 Å². The number of amides is 1. The Bertz CT molecular complexity index is 1080. The highest BCUT2D eigenvalue weighted by Gasteiger charge is 2.31. The minimum absolute atomic E-state index is 0.146. The largest absolute Gasteiger partial charge is 0.347 e. The quantitative estimate of drug-likeness (QED) is 0.515. The van der Waals surface area contributed by atoms with Crippen LogP contribution in [0.5, 0.6) is 0 Å². The van der Waals surface area contributed by atoms with Crippen molar-refractivity contribution in [2.75, 3.05) is 0 Å². The molecule has 0 saturated carbocycles. The Morgan fingerprint density at radius 2 is 1.62 bits per heavy atom. The first-order valence-corrected chi connectivity index (χ1v) is 9.20. The van der Waals surface area contributed by atoms with E-state index < -0.39 is 29.1 Å². The summed E-state index contributed by atoms with van der Waals surface area (Å²) in [6, 6.07) is 15.4. The van der Waals surface area contributed by atoms with Gasteiger partial charge in [0.25, 0.3) is 11.5 Å². The highest BCUT2D eigenvalue weighted by Crippen LogP contribution is 2.18. The van der Waals surface area contributed by atoms with E-state index in [0.717, 1.165) is 27.8 Å². The van der Waals surface area contributed by atoms with Crippen LogP contribution in [0.15, 0.2) is 77.7 Å². The van der Waals surface area contributed by atoms with Crippen LogP contribution in [0.1, 0.15) is 40.5 Å². The zero-order chi connectivity index (χ0) is 21.0. The van der Waals surface area contributed by atoms with Gasteiger partial charge in [-0.3, -0.25) is 19.0 Å². The molecule has 5 nitrogen and oxygen atoms in total. The number of nitrogens with one attached hydrogen (secondary N) is 1. The molecule has 0 spiro atoms. The minimum Gasteiger partial charge on any atom is -0.347 e. The monoisotopic (exact) mass is 392 g/mol. The summed E-state index contributed by atoms with van der Waals surface area (Å²) in [5, 5.41) is 2.81. The molecule has 0 fully saturated rings. The number of carbonyl (C=O) groups is 2. The summed E-state index contributed by atoms with van der Waals surface area (Å²) in [5.74, 6) is -1.69. The van der Waals surface area contributed by atoms with E-state index in [-0.39, 0.29) is 11.6 Å². The van der Waals surface area contributed by atoms with Gasteiger partial charge in [0, 0.05) is 17.8 Å². The van der Waals surface area contributed by atoms with Crippen LogP contribution in [0, 0.1) is 12.7 Å². The Morgan fingerprint density at radius 1 is 0.966 bits per heavy atom. The molecule has 6 heteroatoms. The topological polar surface area (TPSA) is 68.2 Å². The number of carbonyl (C=O) groups excluding carboxylic acids is 2. The van der Waals surface area contributed by atoms with Gasteiger partial charge in [-0.25, -0.2) is 4.39 Å². The summed E-state index contributed by atoms with van der Waals surface area (Å²) in [4.78, 5) is 38.7. The number of halogens is 1. The molecule has 0 aliphatic carbocycles. The first-order chi connectivity index (χ1) is 13.9. The van der Waals surface area contributed by atoms with Gasteiger partial charge in [-0.2, -0.15) is 0 Å². The lowest BCUT2D eigenvalue weighted by Crippen LogP contribution is -2.42. The highest BCUT2D eigenvalue weighted by atomic mass is 19.1. The molecule has 0 saturated heterocycles. The third-order valence-corrected chi connectivity index (χ3v) is 4.65. The lowest BCUT2D eigenvalue weighted by Gasteiger charge is -2.22. The fraction of sp³-hybridized carbons (Fsp3) is 0.174. The third-order valence-electron chi connectivity index (χ3n) is 4.65. The summed E-state index contributed by atoms with van der Waals surface area (Å²) >= 11 is 0. The Morgan fingerprint density at radius 3 is 2.28 bits per heavy atom. The van der Waals surface area contributed by atoms with E-state index in [1.54, 1.807) is 19.9 Å². The average Bonchev–Trinajstić information content (AvgIpc) is 2.71. The maximum Gasteiger partial charge on any atom is 0.251 e. The molecule has 0 radical (unpaired) electrons. The normalized spacial score (nSPS) is 12.8. The van der Waals surface area contributed by atoms with Crippen molar-refractivity contribution in [1.29, 1.82) is 0 Å². The van der Waals surface area contributed by atoms with Crippen molar-refractivity contribution >= 4 is 11.7 Å². The molecule has 3 rings (SSSR count). The fourth-order valence-electron chi connectivity index (χ4n) is 3.08. The van der Waals surface area contributed by atoms with E-state index in [2.05, 4.69) is 5.32 Å². The second kappa shape index (κ2) is 8.65. The van der Waals surface area contributed by atoms with Gasteiger partial charge < -0.3 is 5.32 Å². The number of nitrogens with zero attached hydrogens (tertiary/aromatic N) is 1. The highest BCUT2D eigenvalue weighted by molar-refractivity contribution is 6.11. The van der Waals surface area contributed by atoms with Crippen LogP contribution in [0.4, 0.5) is 4.39 Å². The van der Waals surface area contributed by atoms with Crippen LogP contribution in [0.25, 0.3) is 0 Å². The molecule has 0 aliphatic heterocycles. The molecule has 29 heavy (non-hydrogen) atoms. The predicted octanol–water partition coefficient (Wildman–Crippen LogP) is 3.60. The molecule has 3 aromatic rings. The number of benzene rings is 2. The smallest absolute Gasteiger partial charge is 0.251 e. The van der Waals surface area contributed by atoms with Crippen LogP contribution in [-0.2, 0) is 4.79 Å². The standard InChI is InChI=1S/C23H21FN2O3/c1-15-8-13-20(27)26(14-15)21(22(28)18-9-11-19(24)12-10-18)23(29)25-16(2)17-6-4-3-5-7-17/h3-14,16,21H,1-2H3,(H,25,29)/t16-,21+/m0/s1. The lowest BCUT2D eigenvalue weighted by molar-refractivity contribution is -0.123. The van der Waals surface area contributed by atoms with Crippen LogP contribution in [0.3, 0.4) is 0 Å². The van der Waals surface area contributed by atoms with Crippen LogP contribution >= 0.6 is 0 Å². The molecular formula is C23H21FN2O3. The summed E-state index contributed by atoms with van der Waals surface area (Å²) in [6.07, 6.45) is 1.47. The number of aryl methyl sites for hydroxylation is 1. The zero-order valence-electron chi connectivity index (χ0n) is 16.1. The van der Waals surface area contributed by atoms with Crippen LogP contribution < -0.4 is 10.9 Å². The second-order valence-electron chi connectivity index (χ2n) is 6.87. The van der Waals surface area contributed by atoms with E-state index in [9.17, 15) is 18.8 Å². The molecule has 1 N–H and O–H groups in total. The average molecular weight is 392 g/mol. The number of aromatic nitrogens is 1. The molecule has 0 aliphatic rings. The molecule has 1 amide bonds. The van der Waals surface area contributed by atoms with Crippen molar-refractivity contribution in [3.05, 3.63) is 106 Å². The summed E-state index contributed by atoms with van der Waals surface area (Å²) in [5.41, 5.74) is 1.27. The van der Waals surface area contributed by atoms with Gasteiger partial charge in [0.05, 0.1) is 6.04 Å². The predicted molar refractivity (Wildman–Crippen MR) is 108 cm³/mol. The summed E-state index contributed by atoms with van der Waals surface area (Å²) in [6.45, 7) is 3.56. The van der Waals surface area contributed by atoms with Crippen molar-refractivity contribution in [3.8, 4) is 0 Å². The van der Waals surface area contributed by atoms with Crippen molar-refractivity contribution in [2.45, 2.75) is 25.9 Å². The molecule has 1 heterocycles. The number of rotatable bonds is 6. The van der Waals surface area contributed by atoms with Crippen molar-refractivity contribution in [3.63, 3.8) is 0 Å². The van der Waals surface area contributed by atoms with Crippen LogP contribution in [-0.4, -0.2) is 16.3 Å². The molecule has 0 bridgehead atoms. The summed E-state index contributed by atoms with van der Waals surface area (Å²) in [7, 11) is 0. The first kappa shape index (κ1) is 20.2. The van der Waals surface area contributed by atoms with Crippen molar-refractivity contribution < 1.29 is 14.0 Å². The Labute approximate surface area is 167 Å². The molecule has 1 aromatic heterocycles. The van der Waals surface area contributed by atoms with Gasteiger partial charge in [-0.1, -0.05) is 36.4 Å². The van der Waals surface area contributed by atoms with E-state index >= 15 is 0 Å². The molecule has 0 unspecified atom stereocenters. The van der Waals surface area contributed by atoms with Gasteiger partial charge in [-0.05, 0) is 49.2 Å². The van der Waals surface area contributed by atoms with E-state index in [1.165, 1.54) is 24.4 Å². The fourth-order valence-corrected chi connectivity index (χ4v) is 3.08. The van der Waals surface area contributed by atoms with Gasteiger partial charge in [-0.15, -0.1) is 0 Å². The molecule has 2 aromatic carbocycles.